The van der Waals surface area contributed by atoms with Crippen molar-refractivity contribution in [1.82, 2.24) is 9.21 Å². The minimum Gasteiger partial charge on any atom is -0.370 e. The minimum atomic E-state index is -5.31. The van der Waals surface area contributed by atoms with Crippen molar-refractivity contribution in [3.8, 4) is 0 Å². The van der Waals surface area contributed by atoms with Gasteiger partial charge in [0, 0.05) is 43.8 Å². The van der Waals surface area contributed by atoms with Crippen LogP contribution in [0.2, 0.25) is 0 Å². The lowest BCUT2D eigenvalue weighted by molar-refractivity contribution is -0.0508. The van der Waals surface area contributed by atoms with Crippen LogP contribution in [0.25, 0.3) is 0 Å². The summed E-state index contributed by atoms with van der Waals surface area (Å²) in [5, 5.41) is 0. The van der Waals surface area contributed by atoms with Gasteiger partial charge in [0.25, 0.3) is 0 Å². The van der Waals surface area contributed by atoms with E-state index in [1.165, 1.54) is 0 Å². The van der Waals surface area contributed by atoms with Crippen LogP contribution in [0, 0.1) is 23.5 Å². The molecule has 1 aromatic carbocycles. The number of likely N-dealkylation sites (tertiary alicyclic amines) is 1. The second-order valence-electron chi connectivity index (χ2n) is 8.21. The summed E-state index contributed by atoms with van der Waals surface area (Å²) < 4.78 is 95.4. The molecule has 3 fully saturated rings. The number of ether oxygens (including phenoxy) is 1. The van der Waals surface area contributed by atoms with E-state index in [2.05, 4.69) is 0 Å². The first kappa shape index (κ1) is 21.9. The fourth-order valence-corrected chi connectivity index (χ4v) is 5.85. The van der Waals surface area contributed by atoms with Gasteiger partial charge in [-0.25, -0.2) is 17.2 Å². The number of rotatable bonds is 3. The summed E-state index contributed by atoms with van der Waals surface area (Å²) in [6.07, 6.45) is -0.337. The highest BCUT2D eigenvalue weighted by molar-refractivity contribution is 7.90. The fraction of sp³-hybridized carbons (Fsp3) is 0.667. The Balaban J connectivity index is 1.37. The zero-order valence-corrected chi connectivity index (χ0v) is 16.7. The predicted molar refractivity (Wildman–Crippen MR) is 96.5 cm³/mol. The topological polar surface area (TPSA) is 75.9 Å². The third-order valence-corrected chi connectivity index (χ3v) is 7.86. The van der Waals surface area contributed by atoms with Gasteiger partial charge >= 0.3 is 15.5 Å². The molecule has 3 saturated heterocycles. The average Bonchev–Trinajstić information content (AvgIpc) is 3.22. The summed E-state index contributed by atoms with van der Waals surface area (Å²) in [5.41, 5.74) is 0.945. The second kappa shape index (κ2) is 7.66. The molecule has 3 aliphatic rings. The number of benzene rings is 1. The van der Waals surface area contributed by atoms with Gasteiger partial charge in [-0.15, -0.1) is 0 Å². The molecule has 0 amide bonds. The van der Waals surface area contributed by atoms with Crippen molar-refractivity contribution in [3.05, 3.63) is 35.4 Å². The summed E-state index contributed by atoms with van der Waals surface area (Å²) in [5.74, 6) is -1.58. The van der Waals surface area contributed by atoms with Crippen molar-refractivity contribution in [1.29, 1.82) is 0 Å². The van der Waals surface area contributed by atoms with Gasteiger partial charge in [-0.3, -0.25) is 4.90 Å². The van der Waals surface area contributed by atoms with Crippen molar-refractivity contribution < 1.29 is 35.1 Å². The number of hydrogen-bond acceptors (Lipinski definition) is 5. The van der Waals surface area contributed by atoms with E-state index in [1.54, 1.807) is 0 Å². The van der Waals surface area contributed by atoms with Crippen LogP contribution in [-0.2, 0) is 14.8 Å². The van der Waals surface area contributed by atoms with Crippen molar-refractivity contribution >= 4 is 10.0 Å². The number of hydrogen-bond donors (Lipinski definition) is 1. The molecule has 0 bridgehead atoms. The molecule has 2 N–H and O–H groups in total. The number of nitrogens with two attached hydrogens (primary N) is 1. The van der Waals surface area contributed by atoms with Gasteiger partial charge in [0.1, 0.15) is 17.7 Å². The molecule has 5 unspecified atom stereocenters. The number of fused-ring (bicyclic) bond motifs is 1. The first-order valence-corrected chi connectivity index (χ1v) is 11.0. The van der Waals surface area contributed by atoms with Crippen molar-refractivity contribution in [3.63, 3.8) is 0 Å². The summed E-state index contributed by atoms with van der Waals surface area (Å²) in [6, 6.07) is 2.40. The highest BCUT2D eigenvalue weighted by Gasteiger charge is 2.55. The highest BCUT2D eigenvalue weighted by atomic mass is 32.2. The van der Waals surface area contributed by atoms with Crippen LogP contribution in [-0.4, -0.2) is 68.0 Å². The molecule has 12 heteroatoms. The lowest BCUT2D eigenvalue weighted by atomic mass is 9.93. The summed E-state index contributed by atoms with van der Waals surface area (Å²) in [4.78, 5) is 2.05. The van der Waals surface area contributed by atoms with E-state index in [1.807, 2.05) is 4.90 Å². The van der Waals surface area contributed by atoms with E-state index in [0.29, 0.717) is 23.8 Å². The molecule has 3 heterocycles. The molecule has 4 rings (SSSR count). The third-order valence-electron chi connectivity index (χ3n) is 6.30. The fourth-order valence-electron chi connectivity index (χ4n) is 4.78. The second-order valence-corrected chi connectivity index (χ2v) is 10.1. The Bertz CT molecular complexity index is 899. The molecule has 0 saturated carbocycles. The van der Waals surface area contributed by atoms with Gasteiger partial charge in [-0.1, -0.05) is 0 Å². The van der Waals surface area contributed by atoms with Gasteiger partial charge in [0.05, 0.1) is 6.61 Å². The Labute approximate surface area is 170 Å². The SMILES string of the molecule is NC1CC(N2CC3CN(S(=O)(=O)C(F)(F)F)CC3C2)COC1c1cc(F)ccc1F. The number of alkyl halides is 3. The molecule has 30 heavy (non-hydrogen) atoms. The van der Waals surface area contributed by atoms with Gasteiger partial charge in [0.15, 0.2) is 0 Å². The Morgan fingerprint density at radius 3 is 2.27 bits per heavy atom. The normalized spacial score (nSPS) is 33.7. The zero-order valence-electron chi connectivity index (χ0n) is 15.9. The first-order valence-electron chi connectivity index (χ1n) is 9.60. The highest BCUT2D eigenvalue weighted by Crippen LogP contribution is 2.39. The van der Waals surface area contributed by atoms with E-state index in [-0.39, 0.29) is 43.1 Å². The van der Waals surface area contributed by atoms with Crippen molar-refractivity contribution in [2.24, 2.45) is 17.6 Å². The maximum atomic E-state index is 14.1. The molecular weight excluding hydrogens is 433 g/mol. The Hall–Kier alpha value is -1.34. The predicted octanol–water partition coefficient (Wildman–Crippen LogP) is 1.84. The average molecular weight is 455 g/mol. The van der Waals surface area contributed by atoms with Gasteiger partial charge < -0.3 is 10.5 Å². The lowest BCUT2D eigenvalue weighted by Gasteiger charge is -2.39. The summed E-state index contributed by atoms with van der Waals surface area (Å²) >= 11 is 0. The van der Waals surface area contributed by atoms with E-state index < -0.39 is 39.3 Å². The van der Waals surface area contributed by atoms with Crippen LogP contribution in [0.3, 0.4) is 0 Å². The van der Waals surface area contributed by atoms with Gasteiger partial charge in [-0.2, -0.15) is 17.5 Å². The Kier molecular flexibility index (Phi) is 5.59. The van der Waals surface area contributed by atoms with E-state index in [0.717, 1.165) is 18.2 Å². The third kappa shape index (κ3) is 3.83. The van der Waals surface area contributed by atoms with Crippen LogP contribution in [0.5, 0.6) is 0 Å². The molecule has 3 aliphatic heterocycles. The van der Waals surface area contributed by atoms with Crippen molar-refractivity contribution in [2.45, 2.75) is 30.1 Å². The molecule has 0 aliphatic carbocycles. The molecule has 5 atom stereocenters. The van der Waals surface area contributed by atoms with E-state index >= 15 is 0 Å². The van der Waals surface area contributed by atoms with Crippen molar-refractivity contribution in [2.75, 3.05) is 32.8 Å². The summed E-state index contributed by atoms with van der Waals surface area (Å²) in [6.45, 7) is 0.764. The van der Waals surface area contributed by atoms with Crippen LogP contribution < -0.4 is 5.73 Å². The minimum absolute atomic E-state index is 0.0623. The van der Waals surface area contributed by atoms with E-state index in [4.69, 9.17) is 10.5 Å². The maximum Gasteiger partial charge on any atom is 0.511 e. The van der Waals surface area contributed by atoms with Crippen LogP contribution in [0.1, 0.15) is 18.1 Å². The maximum absolute atomic E-state index is 14.1. The number of sulfonamides is 1. The number of nitrogens with zero attached hydrogens (tertiary/aromatic N) is 2. The Morgan fingerprint density at radius 2 is 1.70 bits per heavy atom. The molecule has 0 spiro atoms. The van der Waals surface area contributed by atoms with Gasteiger partial charge in [-0.05, 0) is 36.5 Å². The lowest BCUT2D eigenvalue weighted by Crippen LogP contribution is -2.49. The largest absolute Gasteiger partial charge is 0.511 e. The molecule has 0 aromatic heterocycles. The van der Waals surface area contributed by atoms with Crippen LogP contribution >= 0.6 is 0 Å². The molecule has 6 nitrogen and oxygen atoms in total. The smallest absolute Gasteiger partial charge is 0.370 e. The van der Waals surface area contributed by atoms with Gasteiger partial charge in [0.2, 0.25) is 0 Å². The summed E-state index contributed by atoms with van der Waals surface area (Å²) in [7, 11) is -5.31. The zero-order chi connectivity index (χ0) is 21.8. The van der Waals surface area contributed by atoms with Crippen LogP contribution in [0.15, 0.2) is 18.2 Å². The quantitative estimate of drug-likeness (QED) is 0.704. The van der Waals surface area contributed by atoms with E-state index in [9.17, 15) is 30.4 Å². The molecule has 168 valence electrons. The van der Waals surface area contributed by atoms with Crippen LogP contribution in [0.4, 0.5) is 22.0 Å². The molecular formula is C18H22F5N3O3S. The first-order chi connectivity index (χ1) is 14.0. The standard InChI is InChI=1S/C18H22F5N3O3S/c19-12-1-2-15(20)14(3-12)17-16(24)4-13(9-29-17)25-5-10-7-26(8-11(10)6-25)30(27,28)18(21,22)23/h1-3,10-11,13,16-17H,4-9,24H2. The molecule has 1 aromatic rings. The number of halogens is 5. The molecule has 0 radical (unpaired) electrons. The Morgan fingerprint density at radius 1 is 1.07 bits per heavy atom. The monoisotopic (exact) mass is 455 g/mol.